The van der Waals surface area contributed by atoms with E-state index in [1.54, 1.807) is 0 Å². The number of benzene rings is 1. The van der Waals surface area contributed by atoms with Crippen LogP contribution in [0.25, 0.3) is 0 Å². The van der Waals surface area contributed by atoms with Crippen molar-refractivity contribution in [2.75, 3.05) is 0 Å². The molecule has 0 heterocycles. The summed E-state index contributed by atoms with van der Waals surface area (Å²) in [4.78, 5) is 0. The summed E-state index contributed by atoms with van der Waals surface area (Å²) in [5.74, 6) is -2.11. The lowest BCUT2D eigenvalue weighted by molar-refractivity contribution is 0.426. The first-order valence-electron chi connectivity index (χ1n) is 2.67. The van der Waals surface area contributed by atoms with Gasteiger partial charge in [-0.25, -0.2) is 8.78 Å². The van der Waals surface area contributed by atoms with E-state index in [1.807, 2.05) is 0 Å². The second-order valence-electron chi connectivity index (χ2n) is 1.60. The largest absolute Gasteiger partial charge is 0.505 e. The number of rotatable bonds is 0. The number of terminal acetylenes is 1. The highest BCUT2D eigenvalue weighted by molar-refractivity contribution is 5.22. The Kier molecular flexibility index (Phi) is 3.68. The number of aromatic hydroxyl groups is 1. The SMILES string of the molecule is C#C.Oc1cc(F)ccc1F. The summed E-state index contributed by atoms with van der Waals surface area (Å²) < 4.78 is 24.1. The number of phenols is 1. The van der Waals surface area contributed by atoms with Crippen LogP contribution in [-0.2, 0) is 0 Å². The zero-order chi connectivity index (χ0) is 8.85. The third-order valence-electron chi connectivity index (χ3n) is 0.908. The zero-order valence-electron chi connectivity index (χ0n) is 5.59. The van der Waals surface area contributed by atoms with Crippen molar-refractivity contribution in [3.63, 3.8) is 0 Å². The fourth-order valence-corrected chi connectivity index (χ4v) is 0.486. The Bertz CT molecular complexity index is 256. The average Bonchev–Trinajstić information content (AvgIpc) is 2.02. The molecule has 0 bridgehead atoms. The molecule has 58 valence electrons. The number of phenolic OH excluding ortho intramolecular Hbond substituents is 1. The van der Waals surface area contributed by atoms with Crippen molar-refractivity contribution in [1.29, 1.82) is 0 Å². The molecule has 0 saturated carbocycles. The maximum atomic E-state index is 12.1. The molecule has 0 fully saturated rings. The quantitative estimate of drug-likeness (QED) is 0.569. The van der Waals surface area contributed by atoms with Gasteiger partial charge in [-0.3, -0.25) is 0 Å². The second kappa shape index (κ2) is 4.29. The molecule has 0 aliphatic carbocycles. The Labute approximate surface area is 63.3 Å². The molecule has 0 amide bonds. The van der Waals surface area contributed by atoms with Crippen molar-refractivity contribution < 1.29 is 13.9 Å². The van der Waals surface area contributed by atoms with Gasteiger partial charge in [0.15, 0.2) is 11.6 Å². The molecular weight excluding hydrogens is 150 g/mol. The van der Waals surface area contributed by atoms with Crippen LogP contribution in [0.5, 0.6) is 5.75 Å². The summed E-state index contributed by atoms with van der Waals surface area (Å²) in [6.07, 6.45) is 8.00. The van der Waals surface area contributed by atoms with E-state index < -0.39 is 17.4 Å². The molecule has 1 nitrogen and oxygen atoms in total. The average molecular weight is 156 g/mol. The van der Waals surface area contributed by atoms with Crippen molar-refractivity contribution in [2.24, 2.45) is 0 Å². The number of hydrogen-bond donors (Lipinski definition) is 1. The van der Waals surface area contributed by atoms with Gasteiger partial charge in [-0.05, 0) is 12.1 Å². The van der Waals surface area contributed by atoms with Crippen LogP contribution in [-0.4, -0.2) is 5.11 Å². The smallest absolute Gasteiger partial charge is 0.165 e. The van der Waals surface area contributed by atoms with Gasteiger partial charge in [0.25, 0.3) is 0 Å². The monoisotopic (exact) mass is 156 g/mol. The van der Waals surface area contributed by atoms with E-state index in [4.69, 9.17) is 5.11 Å². The highest BCUT2D eigenvalue weighted by Crippen LogP contribution is 2.14. The first-order valence-corrected chi connectivity index (χ1v) is 2.67. The van der Waals surface area contributed by atoms with Crippen LogP contribution in [0.15, 0.2) is 18.2 Å². The lowest BCUT2D eigenvalue weighted by Gasteiger charge is -1.91. The second-order valence-corrected chi connectivity index (χ2v) is 1.60. The van der Waals surface area contributed by atoms with Crippen LogP contribution >= 0.6 is 0 Å². The van der Waals surface area contributed by atoms with E-state index in [0.29, 0.717) is 0 Å². The van der Waals surface area contributed by atoms with Crippen molar-refractivity contribution in [3.8, 4) is 18.6 Å². The molecule has 0 radical (unpaired) electrons. The van der Waals surface area contributed by atoms with E-state index in [9.17, 15) is 8.78 Å². The van der Waals surface area contributed by atoms with Crippen molar-refractivity contribution in [1.82, 2.24) is 0 Å². The van der Waals surface area contributed by atoms with Crippen LogP contribution in [0.2, 0.25) is 0 Å². The molecule has 0 unspecified atom stereocenters. The van der Waals surface area contributed by atoms with E-state index in [1.165, 1.54) is 0 Å². The minimum absolute atomic E-state index is 0.645. The standard InChI is InChI=1S/C6H4F2O.C2H2/c7-4-1-2-5(8)6(9)3-4;1-2/h1-3,9H;1-2H. The first kappa shape index (κ1) is 9.44. The third-order valence-corrected chi connectivity index (χ3v) is 0.908. The lowest BCUT2D eigenvalue weighted by Crippen LogP contribution is -1.76. The summed E-state index contributed by atoms with van der Waals surface area (Å²) >= 11 is 0. The first-order chi connectivity index (χ1) is 5.20. The van der Waals surface area contributed by atoms with Crippen molar-refractivity contribution in [2.45, 2.75) is 0 Å². The maximum Gasteiger partial charge on any atom is 0.165 e. The molecule has 0 aliphatic heterocycles. The minimum atomic E-state index is -0.809. The van der Waals surface area contributed by atoms with Gasteiger partial charge in [0, 0.05) is 6.07 Å². The highest BCUT2D eigenvalue weighted by Gasteiger charge is 1.98. The Hall–Kier alpha value is -1.56. The minimum Gasteiger partial charge on any atom is -0.505 e. The molecule has 3 heteroatoms. The van der Waals surface area contributed by atoms with E-state index >= 15 is 0 Å². The normalized spacial score (nSPS) is 8.00. The number of halogens is 2. The van der Waals surface area contributed by atoms with Gasteiger partial charge in [-0.15, -0.1) is 12.8 Å². The van der Waals surface area contributed by atoms with Gasteiger partial charge >= 0.3 is 0 Å². The Morgan fingerprint density at radius 3 is 2.09 bits per heavy atom. The van der Waals surface area contributed by atoms with Gasteiger partial charge in [0.2, 0.25) is 0 Å². The predicted octanol–water partition coefficient (Wildman–Crippen LogP) is 1.92. The summed E-state index contributed by atoms with van der Waals surface area (Å²) in [7, 11) is 0. The lowest BCUT2D eigenvalue weighted by atomic mass is 10.3. The predicted molar refractivity (Wildman–Crippen MR) is 37.9 cm³/mol. The van der Waals surface area contributed by atoms with Gasteiger partial charge in [0.05, 0.1) is 0 Å². The highest BCUT2D eigenvalue weighted by atomic mass is 19.1. The molecule has 1 N–H and O–H groups in total. The van der Waals surface area contributed by atoms with Crippen LogP contribution in [0.1, 0.15) is 0 Å². The third kappa shape index (κ3) is 2.67. The topological polar surface area (TPSA) is 20.2 Å². The summed E-state index contributed by atoms with van der Waals surface area (Å²) in [5.41, 5.74) is 0. The van der Waals surface area contributed by atoms with Crippen LogP contribution < -0.4 is 0 Å². The molecule has 1 rings (SSSR count). The van der Waals surface area contributed by atoms with Gasteiger partial charge < -0.3 is 5.11 Å². The summed E-state index contributed by atoms with van der Waals surface area (Å²) in [5, 5.41) is 8.49. The zero-order valence-corrected chi connectivity index (χ0v) is 5.59. The molecule has 11 heavy (non-hydrogen) atoms. The molecule has 1 aromatic rings. The number of hydrogen-bond acceptors (Lipinski definition) is 1. The van der Waals surface area contributed by atoms with Gasteiger partial charge in [-0.2, -0.15) is 0 Å². The molecular formula is C8H6F2O. The summed E-state index contributed by atoms with van der Waals surface area (Å²) in [6.45, 7) is 0. The van der Waals surface area contributed by atoms with Gasteiger partial charge in [-0.1, -0.05) is 0 Å². The molecule has 0 spiro atoms. The van der Waals surface area contributed by atoms with Gasteiger partial charge in [0.1, 0.15) is 5.82 Å². The summed E-state index contributed by atoms with van der Waals surface area (Å²) in [6, 6.07) is 2.52. The molecule has 0 atom stereocenters. The fraction of sp³-hybridized carbons (Fsp3) is 0. The Balaban J connectivity index is 0.000000461. The fourth-order valence-electron chi connectivity index (χ4n) is 0.486. The van der Waals surface area contributed by atoms with Crippen LogP contribution in [0.3, 0.4) is 0 Å². The molecule has 1 aromatic carbocycles. The van der Waals surface area contributed by atoms with E-state index in [0.717, 1.165) is 18.2 Å². The van der Waals surface area contributed by atoms with E-state index in [-0.39, 0.29) is 0 Å². The molecule has 0 saturated heterocycles. The maximum absolute atomic E-state index is 12.1. The Morgan fingerprint density at radius 1 is 1.18 bits per heavy atom. The molecule has 0 aliphatic rings. The van der Waals surface area contributed by atoms with Crippen molar-refractivity contribution >= 4 is 0 Å². The molecule has 0 aromatic heterocycles. The van der Waals surface area contributed by atoms with Crippen molar-refractivity contribution in [3.05, 3.63) is 29.8 Å². The Morgan fingerprint density at radius 2 is 1.73 bits per heavy atom. The van der Waals surface area contributed by atoms with Crippen LogP contribution in [0, 0.1) is 24.5 Å². The van der Waals surface area contributed by atoms with Crippen LogP contribution in [0.4, 0.5) is 8.78 Å². The van der Waals surface area contributed by atoms with E-state index in [2.05, 4.69) is 12.8 Å².